The average molecular weight is 588 g/mol. The van der Waals surface area contributed by atoms with E-state index in [2.05, 4.69) is 10.3 Å². The summed E-state index contributed by atoms with van der Waals surface area (Å²) < 4.78 is 36.0. The Morgan fingerprint density at radius 2 is 1.83 bits per heavy atom. The summed E-state index contributed by atoms with van der Waals surface area (Å²) in [5.41, 5.74) is 2.92. The summed E-state index contributed by atoms with van der Waals surface area (Å²) in [6.45, 7) is 2.10. The van der Waals surface area contributed by atoms with Gasteiger partial charge >= 0.3 is 0 Å². The minimum Gasteiger partial charge on any atom is -0.484 e. The second kappa shape index (κ2) is 12.7. The molecule has 2 N–H and O–H groups in total. The van der Waals surface area contributed by atoms with Gasteiger partial charge in [-0.1, -0.05) is 30.3 Å². The number of carbonyl (C=O) groups is 2. The predicted octanol–water partition coefficient (Wildman–Crippen LogP) is 4.31. The smallest absolute Gasteiger partial charge is 0.251 e. The molecule has 0 radical (unpaired) electrons. The summed E-state index contributed by atoms with van der Waals surface area (Å²) in [4.78, 5) is 29.3. The average Bonchev–Trinajstić information content (AvgIpc) is 3.50. The third-order valence-corrected chi connectivity index (χ3v) is 8.92. The van der Waals surface area contributed by atoms with Crippen LogP contribution in [0.2, 0.25) is 0 Å². The van der Waals surface area contributed by atoms with Gasteiger partial charge in [0.25, 0.3) is 5.91 Å². The Balaban J connectivity index is 1.48. The number of nitrogens with one attached hydrogen (secondary N) is 1. The van der Waals surface area contributed by atoms with Crippen molar-refractivity contribution >= 4 is 21.5 Å². The van der Waals surface area contributed by atoms with Crippen molar-refractivity contribution in [1.29, 1.82) is 0 Å². The van der Waals surface area contributed by atoms with E-state index in [0.29, 0.717) is 48.2 Å². The molecule has 0 saturated carbocycles. The van der Waals surface area contributed by atoms with E-state index in [0.717, 1.165) is 5.56 Å². The highest BCUT2D eigenvalue weighted by Crippen LogP contribution is 2.36. The van der Waals surface area contributed by atoms with Crippen LogP contribution in [-0.4, -0.2) is 47.4 Å². The van der Waals surface area contributed by atoms with Crippen LogP contribution in [0.25, 0.3) is 0 Å². The predicted molar refractivity (Wildman–Crippen MR) is 157 cm³/mol. The van der Waals surface area contributed by atoms with Crippen molar-refractivity contribution in [1.82, 2.24) is 14.9 Å². The Hall–Kier alpha value is -4.28. The Labute approximate surface area is 245 Å². The van der Waals surface area contributed by atoms with E-state index in [-0.39, 0.29) is 28.5 Å². The Morgan fingerprint density at radius 3 is 2.52 bits per heavy atom. The molecule has 3 aromatic carbocycles. The molecule has 218 valence electrons. The lowest BCUT2D eigenvalue weighted by molar-refractivity contribution is 0.0923. The lowest BCUT2D eigenvalue weighted by Gasteiger charge is -2.25. The summed E-state index contributed by atoms with van der Waals surface area (Å²) in [5, 5.41) is 12.0. The van der Waals surface area contributed by atoms with Crippen molar-refractivity contribution in [2.75, 3.05) is 6.54 Å². The normalized spacial score (nSPS) is 14.6. The minimum atomic E-state index is -3.88. The lowest BCUT2D eigenvalue weighted by atomic mass is 9.87. The number of carbonyl (C=O) groups excluding carboxylic acids is 2. The van der Waals surface area contributed by atoms with Crippen LogP contribution in [0.4, 0.5) is 0 Å². The molecule has 1 aromatic heterocycles. The molecule has 0 bridgehead atoms. The van der Waals surface area contributed by atoms with Crippen LogP contribution in [0.5, 0.6) is 5.75 Å². The van der Waals surface area contributed by atoms with E-state index in [9.17, 15) is 23.1 Å². The topological polar surface area (TPSA) is 128 Å². The third kappa shape index (κ3) is 6.78. The van der Waals surface area contributed by atoms with Crippen molar-refractivity contribution in [3.8, 4) is 5.75 Å². The van der Waals surface area contributed by atoms with Gasteiger partial charge in [0.1, 0.15) is 11.9 Å². The molecule has 1 unspecified atom stereocenters. The monoisotopic (exact) mass is 587 g/mol. The highest BCUT2D eigenvalue weighted by Gasteiger charge is 2.28. The molecule has 4 aromatic rings. The summed E-state index contributed by atoms with van der Waals surface area (Å²) in [5.74, 6) is -0.364. The number of rotatable bonds is 11. The Bertz CT molecular complexity index is 1650. The number of Topliss-reactive ketones (excluding diaryl/α,β-unsaturated/α-hetero) is 1. The molecule has 2 atom stereocenters. The summed E-state index contributed by atoms with van der Waals surface area (Å²) in [7, 11) is -3.88. The summed E-state index contributed by atoms with van der Waals surface area (Å²) >= 11 is 0. The van der Waals surface area contributed by atoms with Crippen LogP contribution in [0.3, 0.4) is 0 Å². The largest absolute Gasteiger partial charge is 0.484 e. The second-order valence-corrected chi connectivity index (χ2v) is 12.5. The fourth-order valence-corrected chi connectivity index (χ4v) is 6.51. The molecule has 0 spiro atoms. The molecule has 1 aliphatic rings. The zero-order valence-electron chi connectivity index (χ0n) is 23.3. The van der Waals surface area contributed by atoms with Gasteiger partial charge in [-0.25, -0.2) is 13.4 Å². The Kier molecular flexibility index (Phi) is 8.84. The van der Waals surface area contributed by atoms with Gasteiger partial charge in [-0.15, -0.1) is 0 Å². The number of imidazole rings is 1. The van der Waals surface area contributed by atoms with Gasteiger partial charge in [0.15, 0.2) is 15.6 Å². The molecule has 42 heavy (non-hydrogen) atoms. The molecular formula is C32H33N3O6S. The minimum absolute atomic E-state index is 0.00737. The van der Waals surface area contributed by atoms with E-state index in [4.69, 9.17) is 4.74 Å². The molecule has 1 aliphatic carbocycles. The number of fused-ring (bicyclic) bond motifs is 1. The van der Waals surface area contributed by atoms with E-state index >= 15 is 0 Å². The SMILES string of the molecule is CC(O)CNC(=O)c1ccc(S(=O)(=O)Cc2c(O[C@H](Cn3ccnc3)c3ccccc3)ccc3c2CCCC3=O)cc1. The highest BCUT2D eigenvalue weighted by atomic mass is 32.2. The van der Waals surface area contributed by atoms with Gasteiger partial charge in [-0.2, -0.15) is 0 Å². The van der Waals surface area contributed by atoms with Gasteiger partial charge in [0.2, 0.25) is 0 Å². The van der Waals surface area contributed by atoms with Crippen molar-refractivity contribution in [2.24, 2.45) is 0 Å². The Morgan fingerprint density at radius 1 is 1.07 bits per heavy atom. The molecule has 9 nitrogen and oxygen atoms in total. The number of sulfone groups is 1. The number of hydrogen-bond acceptors (Lipinski definition) is 7. The van der Waals surface area contributed by atoms with E-state index < -0.39 is 28.0 Å². The maximum Gasteiger partial charge on any atom is 0.251 e. The number of ether oxygens (including phenoxy) is 1. The molecular weight excluding hydrogens is 554 g/mol. The summed E-state index contributed by atoms with van der Waals surface area (Å²) in [6, 6.07) is 18.8. The molecule has 1 heterocycles. The first-order chi connectivity index (χ1) is 20.2. The quantitative estimate of drug-likeness (QED) is 0.268. The lowest BCUT2D eigenvalue weighted by Crippen LogP contribution is -2.30. The van der Waals surface area contributed by atoms with Crippen molar-refractivity contribution in [2.45, 2.75) is 55.6 Å². The molecule has 0 fully saturated rings. The number of benzene rings is 3. The number of aliphatic hydroxyl groups excluding tert-OH is 1. The maximum atomic E-state index is 13.7. The van der Waals surface area contributed by atoms with Gasteiger partial charge in [0, 0.05) is 42.0 Å². The van der Waals surface area contributed by atoms with Crippen LogP contribution in [0, 0.1) is 0 Å². The van der Waals surface area contributed by atoms with Crippen LogP contribution >= 0.6 is 0 Å². The molecule has 0 aliphatic heterocycles. The van der Waals surface area contributed by atoms with Crippen molar-refractivity contribution in [3.05, 3.63) is 113 Å². The van der Waals surface area contributed by atoms with E-state index in [1.165, 1.54) is 24.3 Å². The molecule has 5 rings (SSSR count). The highest BCUT2D eigenvalue weighted by molar-refractivity contribution is 7.90. The number of ketones is 1. The number of aliphatic hydroxyl groups is 1. The third-order valence-electron chi connectivity index (χ3n) is 7.26. The number of hydrogen-bond donors (Lipinski definition) is 2. The van der Waals surface area contributed by atoms with Crippen molar-refractivity contribution in [3.63, 3.8) is 0 Å². The van der Waals surface area contributed by atoms with Gasteiger partial charge < -0.3 is 19.7 Å². The maximum absolute atomic E-state index is 13.7. The van der Waals surface area contributed by atoms with Crippen LogP contribution in [0.15, 0.2) is 90.3 Å². The second-order valence-electron chi connectivity index (χ2n) is 10.5. The molecule has 0 saturated heterocycles. The first-order valence-corrected chi connectivity index (χ1v) is 15.5. The van der Waals surface area contributed by atoms with Crippen LogP contribution < -0.4 is 10.1 Å². The molecule has 1 amide bonds. The van der Waals surface area contributed by atoms with Crippen molar-refractivity contribution < 1.29 is 27.9 Å². The zero-order chi connectivity index (χ0) is 29.7. The standard InChI is InChI=1S/C32H33N3O6S/c1-22(36)18-34-32(38)24-10-12-25(13-11-24)42(39,40)20-28-26-8-5-9-29(37)27(26)14-15-30(28)41-31(19-35-17-16-33-21-35)23-6-3-2-4-7-23/h2-4,6-7,10-17,21-22,31,36H,5,8-9,18-20H2,1H3,(H,34,38)/t22?,31-/m1/s1. The fraction of sp³-hybridized carbons (Fsp3) is 0.281. The van der Waals surface area contributed by atoms with Gasteiger partial charge in [-0.05, 0) is 67.3 Å². The fourth-order valence-electron chi connectivity index (χ4n) is 5.09. The molecule has 10 heteroatoms. The van der Waals surface area contributed by atoms with E-state index in [1.54, 1.807) is 31.6 Å². The first-order valence-electron chi connectivity index (χ1n) is 13.9. The number of amides is 1. The zero-order valence-corrected chi connectivity index (χ0v) is 24.1. The summed E-state index contributed by atoms with van der Waals surface area (Å²) in [6.07, 6.45) is 5.71. The van der Waals surface area contributed by atoms with Crippen LogP contribution in [0.1, 0.15) is 63.3 Å². The first kappa shape index (κ1) is 29.2. The van der Waals surface area contributed by atoms with Gasteiger partial charge in [-0.3, -0.25) is 9.59 Å². The van der Waals surface area contributed by atoms with Gasteiger partial charge in [0.05, 0.1) is 29.6 Å². The number of nitrogens with zero attached hydrogens (tertiary/aromatic N) is 2. The number of aromatic nitrogens is 2. The van der Waals surface area contributed by atoms with E-state index in [1.807, 2.05) is 41.1 Å². The van der Waals surface area contributed by atoms with Crippen LogP contribution in [-0.2, 0) is 28.6 Å².